The summed E-state index contributed by atoms with van der Waals surface area (Å²) >= 11 is 0. The van der Waals surface area contributed by atoms with Crippen LogP contribution in [-0.2, 0) is 6.18 Å². The van der Waals surface area contributed by atoms with Crippen LogP contribution in [0.1, 0.15) is 51.9 Å². The lowest BCUT2D eigenvalue weighted by molar-refractivity contribution is -0.136. The Hall–Kier alpha value is -4.15. The molecule has 34 heavy (non-hydrogen) atoms. The number of hydrogen-bond donors (Lipinski definition) is 2. The molecule has 3 aromatic heterocycles. The average molecular weight is 471 g/mol. The van der Waals surface area contributed by atoms with Crippen LogP contribution in [0.25, 0.3) is 11.0 Å². The number of rotatable bonds is 5. The van der Waals surface area contributed by atoms with Crippen LogP contribution in [0.4, 0.5) is 24.5 Å². The highest BCUT2D eigenvalue weighted by Crippen LogP contribution is 2.37. The number of fused-ring (bicyclic) bond motifs is 1. The van der Waals surface area contributed by atoms with Gasteiger partial charge in [0.2, 0.25) is 0 Å². The first kappa shape index (κ1) is 23.0. The Balaban J connectivity index is 1.63. The summed E-state index contributed by atoms with van der Waals surface area (Å²) in [5, 5.41) is 9.55. The van der Waals surface area contributed by atoms with Crippen LogP contribution < -0.4 is 10.6 Å². The molecular weight excluding hydrogens is 451 g/mol. The number of halogens is 3. The van der Waals surface area contributed by atoms with Crippen molar-refractivity contribution in [3.8, 4) is 0 Å². The van der Waals surface area contributed by atoms with E-state index in [1.807, 2.05) is 13.8 Å². The lowest BCUT2D eigenvalue weighted by Crippen LogP contribution is -2.19. The van der Waals surface area contributed by atoms with E-state index in [4.69, 9.17) is 4.42 Å². The molecule has 0 saturated heterocycles. The molecule has 2 amide bonds. The van der Waals surface area contributed by atoms with E-state index in [-0.39, 0.29) is 22.9 Å². The molecule has 0 aliphatic heterocycles. The Morgan fingerprint density at radius 3 is 2.50 bits per heavy atom. The van der Waals surface area contributed by atoms with Gasteiger partial charge in [0.05, 0.1) is 40.5 Å². The van der Waals surface area contributed by atoms with Gasteiger partial charge in [0, 0.05) is 17.1 Å². The Morgan fingerprint density at radius 1 is 1.09 bits per heavy atom. The molecule has 0 aliphatic carbocycles. The molecule has 8 nitrogen and oxygen atoms in total. The van der Waals surface area contributed by atoms with E-state index in [0.717, 1.165) is 12.1 Å². The topological polar surface area (TPSA) is 102 Å². The summed E-state index contributed by atoms with van der Waals surface area (Å²) in [4.78, 5) is 29.5. The average Bonchev–Trinajstić information content (AvgIpc) is 3.43. The van der Waals surface area contributed by atoms with Gasteiger partial charge in [0.1, 0.15) is 6.26 Å². The van der Waals surface area contributed by atoms with Gasteiger partial charge in [-0.1, -0.05) is 0 Å². The lowest BCUT2D eigenvalue weighted by atomic mass is 10.1. The number of aryl methyl sites for hydroxylation is 1. The number of nitrogens with zero attached hydrogens (tertiary/aromatic N) is 3. The van der Waals surface area contributed by atoms with Crippen LogP contribution in [0.15, 0.2) is 53.5 Å². The molecule has 0 unspecified atom stereocenters. The van der Waals surface area contributed by atoms with Gasteiger partial charge < -0.3 is 15.1 Å². The zero-order valence-corrected chi connectivity index (χ0v) is 18.4. The molecule has 0 aliphatic rings. The minimum Gasteiger partial charge on any atom is -0.472 e. The monoisotopic (exact) mass is 471 g/mol. The zero-order valence-electron chi connectivity index (χ0n) is 18.4. The number of carbonyl (C=O) groups excluding carboxylic acids is 2. The Morgan fingerprint density at radius 2 is 1.85 bits per heavy atom. The predicted octanol–water partition coefficient (Wildman–Crippen LogP) is 5.44. The summed E-state index contributed by atoms with van der Waals surface area (Å²) in [6.07, 6.45) is -0.783. The first-order valence-electron chi connectivity index (χ1n) is 10.3. The summed E-state index contributed by atoms with van der Waals surface area (Å²) in [5.74, 6) is -1.37. The fourth-order valence-electron chi connectivity index (χ4n) is 3.43. The molecular formula is C23H20F3N5O3. The zero-order chi connectivity index (χ0) is 24.6. The van der Waals surface area contributed by atoms with Crippen molar-refractivity contribution in [3.63, 3.8) is 0 Å². The Bertz CT molecular complexity index is 1370. The molecule has 3 heterocycles. The third kappa shape index (κ3) is 4.49. The molecule has 0 saturated carbocycles. The van der Waals surface area contributed by atoms with Crippen LogP contribution in [0.2, 0.25) is 0 Å². The van der Waals surface area contributed by atoms with E-state index in [9.17, 15) is 22.8 Å². The van der Waals surface area contributed by atoms with Crippen LogP contribution in [-0.4, -0.2) is 26.6 Å². The van der Waals surface area contributed by atoms with E-state index in [1.54, 1.807) is 23.9 Å². The van der Waals surface area contributed by atoms with Gasteiger partial charge in [0.15, 0.2) is 5.65 Å². The van der Waals surface area contributed by atoms with E-state index in [2.05, 4.69) is 20.7 Å². The number of amides is 2. The van der Waals surface area contributed by atoms with Crippen molar-refractivity contribution in [2.45, 2.75) is 33.0 Å². The molecule has 4 rings (SSSR count). The van der Waals surface area contributed by atoms with Crippen molar-refractivity contribution in [2.75, 3.05) is 10.6 Å². The van der Waals surface area contributed by atoms with Gasteiger partial charge in [0.25, 0.3) is 11.8 Å². The first-order valence-corrected chi connectivity index (χ1v) is 10.3. The summed E-state index contributed by atoms with van der Waals surface area (Å²) in [6.45, 7) is 5.47. The lowest BCUT2D eigenvalue weighted by Gasteiger charge is -2.16. The number of alkyl halides is 3. The molecule has 0 radical (unpaired) electrons. The quantitative estimate of drug-likeness (QED) is 0.404. The number of carbonyl (C=O) groups is 2. The van der Waals surface area contributed by atoms with Crippen molar-refractivity contribution in [1.29, 1.82) is 0 Å². The second kappa shape index (κ2) is 8.65. The smallest absolute Gasteiger partial charge is 0.418 e. The molecule has 176 valence electrons. The molecule has 0 fully saturated rings. The second-order valence-corrected chi connectivity index (χ2v) is 7.90. The number of aromatic nitrogens is 3. The molecule has 0 spiro atoms. The Kier molecular flexibility index (Phi) is 5.86. The van der Waals surface area contributed by atoms with E-state index >= 15 is 0 Å². The van der Waals surface area contributed by atoms with Crippen molar-refractivity contribution in [3.05, 3.63) is 71.4 Å². The minimum absolute atomic E-state index is 0.0472. The van der Waals surface area contributed by atoms with Gasteiger partial charge in [-0.3, -0.25) is 9.59 Å². The summed E-state index contributed by atoms with van der Waals surface area (Å²) in [5.41, 5.74) is -0.424. The van der Waals surface area contributed by atoms with Crippen molar-refractivity contribution >= 4 is 34.2 Å². The number of pyridine rings is 1. The normalized spacial score (nSPS) is 11.7. The summed E-state index contributed by atoms with van der Waals surface area (Å²) in [7, 11) is 0. The van der Waals surface area contributed by atoms with Crippen LogP contribution in [0.3, 0.4) is 0 Å². The molecule has 11 heteroatoms. The third-order valence-corrected chi connectivity index (χ3v) is 5.11. The molecule has 0 atom stereocenters. The largest absolute Gasteiger partial charge is 0.472 e. The van der Waals surface area contributed by atoms with Gasteiger partial charge >= 0.3 is 6.18 Å². The Labute approximate surface area is 191 Å². The van der Waals surface area contributed by atoms with Crippen molar-refractivity contribution < 1.29 is 27.2 Å². The number of anilines is 2. The van der Waals surface area contributed by atoms with Gasteiger partial charge in [-0.05, 0) is 51.1 Å². The van der Waals surface area contributed by atoms with E-state index in [1.165, 1.54) is 24.7 Å². The van der Waals surface area contributed by atoms with Crippen LogP contribution in [0, 0.1) is 6.92 Å². The summed E-state index contributed by atoms with van der Waals surface area (Å²) in [6, 6.07) is 6.09. The number of benzene rings is 1. The van der Waals surface area contributed by atoms with Crippen molar-refractivity contribution in [2.24, 2.45) is 0 Å². The first-order chi connectivity index (χ1) is 16.0. The maximum Gasteiger partial charge on any atom is 0.418 e. The van der Waals surface area contributed by atoms with Gasteiger partial charge in [-0.15, -0.1) is 0 Å². The van der Waals surface area contributed by atoms with Crippen molar-refractivity contribution in [1.82, 2.24) is 14.8 Å². The highest BCUT2D eigenvalue weighted by molar-refractivity contribution is 6.07. The van der Waals surface area contributed by atoms with E-state index in [0.29, 0.717) is 16.7 Å². The molecule has 2 N–H and O–H groups in total. The third-order valence-electron chi connectivity index (χ3n) is 5.11. The second-order valence-electron chi connectivity index (χ2n) is 7.90. The summed E-state index contributed by atoms with van der Waals surface area (Å²) < 4.78 is 47.8. The standard InChI is InChI=1S/C23H20F3N5O3/c1-12(2)31-20-15(10-27-31)8-17(13(3)28-20)22(33)30-19-5-4-16(9-18(19)23(24,25)26)29-21(32)14-6-7-34-11-14/h4-12H,1-3H3,(H,29,32)(H,30,33). The highest BCUT2D eigenvalue weighted by atomic mass is 19.4. The minimum atomic E-state index is -4.78. The van der Waals surface area contributed by atoms with Crippen LogP contribution in [0.5, 0.6) is 0 Å². The number of nitrogens with one attached hydrogen (secondary N) is 2. The maximum atomic E-state index is 13.8. The van der Waals surface area contributed by atoms with E-state index < -0.39 is 29.2 Å². The van der Waals surface area contributed by atoms with Gasteiger partial charge in [-0.2, -0.15) is 18.3 Å². The number of furan rings is 1. The maximum absolute atomic E-state index is 13.8. The fourth-order valence-corrected chi connectivity index (χ4v) is 3.43. The number of hydrogen-bond acceptors (Lipinski definition) is 5. The SMILES string of the molecule is Cc1nc2c(cnn2C(C)C)cc1C(=O)Nc1ccc(NC(=O)c2ccoc2)cc1C(F)(F)F. The van der Waals surface area contributed by atoms with Crippen LogP contribution >= 0.6 is 0 Å². The predicted molar refractivity (Wildman–Crippen MR) is 119 cm³/mol. The fraction of sp³-hybridized carbons (Fsp3) is 0.217. The molecule has 4 aromatic rings. The highest BCUT2D eigenvalue weighted by Gasteiger charge is 2.34. The van der Waals surface area contributed by atoms with Gasteiger partial charge in [-0.25, -0.2) is 9.67 Å². The molecule has 0 bridgehead atoms. The molecule has 1 aromatic carbocycles.